The summed E-state index contributed by atoms with van der Waals surface area (Å²) in [6, 6.07) is 18.9. The Bertz CT molecular complexity index is 989. The average Bonchev–Trinajstić information content (AvgIpc) is 2.66. The molecule has 0 radical (unpaired) electrons. The number of nitro benzene ring substituents is 1. The van der Waals surface area contributed by atoms with Crippen LogP contribution in [0.5, 0.6) is 0 Å². The molecule has 0 atom stereocenters. The predicted molar refractivity (Wildman–Crippen MR) is 104 cm³/mol. The SMILES string of the molecule is O=C(NC(=S)NNc1ccc([N+](=O)[O-])cc1)c1ccc2ccccc2c1. The highest BCUT2D eigenvalue weighted by Crippen LogP contribution is 2.16. The van der Waals surface area contributed by atoms with Crippen molar-refractivity contribution in [3.63, 3.8) is 0 Å². The maximum Gasteiger partial charge on any atom is 0.269 e. The highest BCUT2D eigenvalue weighted by Gasteiger charge is 2.09. The molecule has 0 aliphatic carbocycles. The van der Waals surface area contributed by atoms with Gasteiger partial charge in [-0.25, -0.2) is 0 Å². The first-order valence-corrected chi connectivity index (χ1v) is 8.04. The second-order valence-electron chi connectivity index (χ2n) is 5.40. The minimum absolute atomic E-state index is 0.0114. The zero-order valence-corrected chi connectivity index (χ0v) is 14.2. The van der Waals surface area contributed by atoms with Crippen molar-refractivity contribution in [3.8, 4) is 0 Å². The molecule has 0 aromatic heterocycles. The van der Waals surface area contributed by atoms with E-state index in [1.807, 2.05) is 30.3 Å². The monoisotopic (exact) mass is 366 g/mol. The van der Waals surface area contributed by atoms with Crippen molar-refractivity contribution in [1.82, 2.24) is 10.7 Å². The van der Waals surface area contributed by atoms with E-state index in [-0.39, 0.29) is 16.7 Å². The summed E-state index contributed by atoms with van der Waals surface area (Å²) in [6.45, 7) is 0. The highest BCUT2D eigenvalue weighted by molar-refractivity contribution is 7.80. The van der Waals surface area contributed by atoms with Crippen LogP contribution in [0.4, 0.5) is 11.4 Å². The molecule has 0 spiro atoms. The Hall–Kier alpha value is -3.52. The number of nitrogens with one attached hydrogen (secondary N) is 3. The van der Waals surface area contributed by atoms with Crippen molar-refractivity contribution < 1.29 is 9.72 Å². The molecule has 1 amide bonds. The fraction of sp³-hybridized carbons (Fsp3) is 0. The minimum atomic E-state index is -0.481. The van der Waals surface area contributed by atoms with Gasteiger partial charge in [0.2, 0.25) is 0 Å². The lowest BCUT2D eigenvalue weighted by molar-refractivity contribution is -0.384. The Kier molecular flexibility index (Phi) is 5.04. The van der Waals surface area contributed by atoms with E-state index < -0.39 is 4.92 Å². The Morgan fingerprint density at radius 3 is 2.35 bits per heavy atom. The van der Waals surface area contributed by atoms with Crippen molar-refractivity contribution >= 4 is 45.4 Å². The minimum Gasteiger partial charge on any atom is -0.299 e. The van der Waals surface area contributed by atoms with E-state index in [9.17, 15) is 14.9 Å². The zero-order chi connectivity index (χ0) is 18.5. The highest BCUT2D eigenvalue weighted by atomic mass is 32.1. The van der Waals surface area contributed by atoms with Gasteiger partial charge in [-0.15, -0.1) is 0 Å². The second-order valence-corrected chi connectivity index (χ2v) is 5.81. The number of non-ortho nitro benzene ring substituents is 1. The Balaban J connectivity index is 1.58. The molecule has 0 aliphatic rings. The van der Waals surface area contributed by atoms with E-state index in [0.717, 1.165) is 10.8 Å². The fourth-order valence-corrected chi connectivity index (χ4v) is 2.48. The van der Waals surface area contributed by atoms with Crippen molar-refractivity contribution in [3.05, 3.63) is 82.4 Å². The van der Waals surface area contributed by atoms with E-state index in [4.69, 9.17) is 12.2 Å². The van der Waals surface area contributed by atoms with E-state index in [1.54, 1.807) is 12.1 Å². The smallest absolute Gasteiger partial charge is 0.269 e. The molecule has 3 aromatic carbocycles. The topological polar surface area (TPSA) is 96.3 Å². The summed E-state index contributed by atoms with van der Waals surface area (Å²) < 4.78 is 0. The summed E-state index contributed by atoms with van der Waals surface area (Å²) in [6.07, 6.45) is 0. The number of hydrazine groups is 1. The van der Waals surface area contributed by atoms with Gasteiger partial charge in [0.1, 0.15) is 0 Å². The van der Waals surface area contributed by atoms with Crippen LogP contribution in [0, 0.1) is 10.1 Å². The molecule has 0 heterocycles. The van der Waals surface area contributed by atoms with E-state index in [1.165, 1.54) is 24.3 Å². The van der Waals surface area contributed by atoms with Crippen LogP contribution >= 0.6 is 12.2 Å². The van der Waals surface area contributed by atoms with Crippen LogP contribution in [0.25, 0.3) is 10.8 Å². The number of thiocarbonyl (C=S) groups is 1. The molecule has 8 heteroatoms. The zero-order valence-electron chi connectivity index (χ0n) is 13.4. The van der Waals surface area contributed by atoms with Crippen LogP contribution in [0.1, 0.15) is 10.4 Å². The van der Waals surface area contributed by atoms with E-state index in [0.29, 0.717) is 11.3 Å². The summed E-state index contributed by atoms with van der Waals surface area (Å²) in [5.74, 6) is -0.334. The Labute approximate surface area is 154 Å². The number of carbonyl (C=O) groups excluding carboxylic acids is 1. The molecule has 3 N–H and O–H groups in total. The number of carbonyl (C=O) groups is 1. The summed E-state index contributed by atoms with van der Waals surface area (Å²) in [7, 11) is 0. The average molecular weight is 366 g/mol. The van der Waals surface area contributed by atoms with E-state index >= 15 is 0 Å². The first-order valence-electron chi connectivity index (χ1n) is 7.63. The third-order valence-electron chi connectivity index (χ3n) is 3.64. The Morgan fingerprint density at radius 2 is 1.65 bits per heavy atom. The molecule has 0 saturated carbocycles. The van der Waals surface area contributed by atoms with Gasteiger partial charge in [-0.2, -0.15) is 0 Å². The van der Waals surface area contributed by atoms with Crippen LogP contribution in [0.15, 0.2) is 66.7 Å². The number of amides is 1. The molecule has 0 fully saturated rings. The Morgan fingerprint density at radius 1 is 0.962 bits per heavy atom. The maximum atomic E-state index is 12.3. The third kappa shape index (κ3) is 4.11. The van der Waals surface area contributed by atoms with Gasteiger partial charge >= 0.3 is 0 Å². The number of anilines is 1. The number of hydrogen-bond acceptors (Lipinski definition) is 5. The summed E-state index contributed by atoms with van der Waals surface area (Å²) in [4.78, 5) is 22.4. The lowest BCUT2D eigenvalue weighted by Gasteiger charge is -2.12. The molecule has 0 aliphatic heterocycles. The first-order chi connectivity index (χ1) is 12.5. The molecule has 0 unspecified atom stereocenters. The molecule has 130 valence electrons. The number of nitro groups is 1. The number of benzene rings is 3. The van der Waals surface area contributed by atoms with Gasteiger partial charge in [-0.05, 0) is 47.3 Å². The number of nitrogens with zero attached hydrogens (tertiary/aromatic N) is 1. The van der Waals surface area contributed by atoms with Gasteiger partial charge in [-0.3, -0.25) is 31.1 Å². The predicted octanol–water partition coefficient (Wildman–Crippen LogP) is 3.38. The fourth-order valence-electron chi connectivity index (χ4n) is 2.33. The molecule has 0 saturated heterocycles. The van der Waals surface area contributed by atoms with Gasteiger partial charge in [0.15, 0.2) is 5.11 Å². The normalized spacial score (nSPS) is 10.2. The molecule has 26 heavy (non-hydrogen) atoms. The number of rotatable bonds is 4. The van der Waals surface area contributed by atoms with E-state index in [2.05, 4.69) is 16.2 Å². The van der Waals surface area contributed by atoms with Gasteiger partial charge in [-0.1, -0.05) is 30.3 Å². The summed E-state index contributed by atoms with van der Waals surface area (Å²) in [5, 5.41) is 15.3. The van der Waals surface area contributed by atoms with Crippen LogP contribution in [0.3, 0.4) is 0 Å². The molecule has 3 aromatic rings. The number of hydrogen-bond donors (Lipinski definition) is 3. The molecule has 7 nitrogen and oxygen atoms in total. The largest absolute Gasteiger partial charge is 0.299 e. The molecule has 3 rings (SSSR count). The summed E-state index contributed by atoms with van der Waals surface area (Å²) >= 11 is 5.08. The van der Waals surface area contributed by atoms with Gasteiger partial charge in [0, 0.05) is 17.7 Å². The van der Waals surface area contributed by atoms with Crippen molar-refractivity contribution in [2.45, 2.75) is 0 Å². The maximum absolute atomic E-state index is 12.3. The van der Waals surface area contributed by atoms with Crippen LogP contribution < -0.4 is 16.2 Å². The molecular weight excluding hydrogens is 352 g/mol. The number of fused-ring (bicyclic) bond motifs is 1. The van der Waals surface area contributed by atoms with Gasteiger partial charge in [0.05, 0.1) is 10.6 Å². The van der Waals surface area contributed by atoms with Crippen LogP contribution in [-0.4, -0.2) is 15.9 Å². The lowest BCUT2D eigenvalue weighted by Crippen LogP contribution is -2.41. The van der Waals surface area contributed by atoms with Crippen LogP contribution in [0.2, 0.25) is 0 Å². The van der Waals surface area contributed by atoms with Crippen LogP contribution in [-0.2, 0) is 0 Å². The molecule has 0 bridgehead atoms. The van der Waals surface area contributed by atoms with Crippen molar-refractivity contribution in [2.24, 2.45) is 0 Å². The van der Waals surface area contributed by atoms with Gasteiger partial charge in [0.25, 0.3) is 11.6 Å². The van der Waals surface area contributed by atoms with Crippen molar-refractivity contribution in [1.29, 1.82) is 0 Å². The van der Waals surface area contributed by atoms with Crippen molar-refractivity contribution in [2.75, 3.05) is 5.43 Å². The second kappa shape index (κ2) is 7.58. The van der Waals surface area contributed by atoms with Gasteiger partial charge < -0.3 is 0 Å². The molecular formula is C18H14N4O3S. The summed E-state index contributed by atoms with van der Waals surface area (Å²) in [5.41, 5.74) is 6.48. The third-order valence-corrected chi connectivity index (χ3v) is 3.84. The first kappa shape index (κ1) is 17.3. The lowest BCUT2D eigenvalue weighted by atomic mass is 10.1. The quantitative estimate of drug-likeness (QED) is 0.372. The standard InChI is InChI=1S/C18H14N4O3S/c23-17(14-6-5-12-3-1-2-4-13(12)11-14)19-18(26)21-20-15-7-9-16(10-8-15)22(24)25/h1-11,20H,(H2,19,21,23,26).